The number of aromatic nitrogens is 1. The number of anilines is 1. The van der Waals surface area contributed by atoms with Gasteiger partial charge in [0.1, 0.15) is 0 Å². The van der Waals surface area contributed by atoms with Crippen LogP contribution in [0.1, 0.15) is 10.4 Å². The molecule has 0 aliphatic heterocycles. The highest BCUT2D eigenvalue weighted by molar-refractivity contribution is 7.21. The Morgan fingerprint density at radius 3 is 2.64 bits per heavy atom. The molecule has 3 aromatic rings. The Labute approximate surface area is 139 Å². The van der Waals surface area contributed by atoms with Gasteiger partial charge in [0.15, 0.2) is 5.13 Å². The van der Waals surface area contributed by atoms with E-state index < -0.39 is 5.91 Å². The van der Waals surface area contributed by atoms with Crippen molar-refractivity contribution in [2.24, 2.45) is 0 Å². The molecule has 0 fully saturated rings. The summed E-state index contributed by atoms with van der Waals surface area (Å²) in [4.78, 5) is 28.0. The zero-order valence-corrected chi connectivity index (χ0v) is 13.3. The molecule has 0 saturated heterocycles. The summed E-state index contributed by atoms with van der Waals surface area (Å²) >= 11 is 12.9. The van der Waals surface area contributed by atoms with Gasteiger partial charge >= 0.3 is 0 Å². The summed E-state index contributed by atoms with van der Waals surface area (Å²) in [5.41, 5.74) is -0.0391. The number of fused-ring (bicyclic) bond motifs is 1. The molecule has 0 bridgehead atoms. The van der Waals surface area contributed by atoms with Gasteiger partial charge in [0.2, 0.25) is 0 Å². The Balaban J connectivity index is 1.94. The Morgan fingerprint density at radius 1 is 1.09 bits per heavy atom. The van der Waals surface area contributed by atoms with Crippen molar-refractivity contribution in [2.45, 2.75) is 0 Å². The van der Waals surface area contributed by atoms with Crippen LogP contribution in [-0.2, 0) is 0 Å². The first-order chi connectivity index (χ1) is 10.5. The number of hydrogen-bond donors (Lipinski definition) is 1. The molecule has 0 aliphatic rings. The smallest absolute Gasteiger partial charge is 0.281 e. The molecule has 1 N–H and O–H groups in total. The van der Waals surface area contributed by atoms with Gasteiger partial charge in [-0.15, -0.1) is 0 Å². The molecule has 0 unspecified atom stereocenters. The fraction of sp³-hybridized carbons (Fsp3) is 0. The van der Waals surface area contributed by atoms with Crippen LogP contribution in [0.3, 0.4) is 0 Å². The topological polar surface area (TPSA) is 59.1 Å². The van der Waals surface area contributed by atoms with Crippen LogP contribution in [0.5, 0.6) is 0 Å². The highest BCUT2D eigenvalue weighted by atomic mass is 35.5. The summed E-state index contributed by atoms with van der Waals surface area (Å²) in [5.74, 6) is -0.406. The highest BCUT2D eigenvalue weighted by Crippen LogP contribution is 2.24. The lowest BCUT2D eigenvalue weighted by Crippen LogP contribution is -2.15. The molecule has 0 spiro atoms. The normalized spacial score (nSPS) is 10.6. The molecule has 7 heteroatoms. The van der Waals surface area contributed by atoms with E-state index in [-0.39, 0.29) is 15.7 Å². The van der Waals surface area contributed by atoms with E-state index >= 15 is 0 Å². The number of carbonyl (C=O) groups excluding carboxylic acids is 1. The fourth-order valence-corrected chi connectivity index (χ4v) is 3.06. The number of carbonyl (C=O) groups is 1. The second kappa shape index (κ2) is 6.04. The van der Waals surface area contributed by atoms with E-state index in [0.717, 1.165) is 4.70 Å². The second-order valence-electron chi connectivity index (χ2n) is 4.40. The summed E-state index contributed by atoms with van der Waals surface area (Å²) in [6.07, 6.45) is 0. The molecular formula is C15H8Cl2N2O2S. The molecule has 0 aliphatic carbocycles. The van der Waals surface area contributed by atoms with Crippen molar-refractivity contribution in [3.05, 3.63) is 68.4 Å². The Bertz CT molecular complexity index is 940. The minimum atomic E-state index is -0.406. The summed E-state index contributed by atoms with van der Waals surface area (Å²) in [6.45, 7) is 0. The van der Waals surface area contributed by atoms with Gasteiger partial charge < -0.3 is 0 Å². The van der Waals surface area contributed by atoms with Crippen LogP contribution in [0.15, 0.2) is 47.3 Å². The predicted molar refractivity (Wildman–Crippen MR) is 90.3 cm³/mol. The van der Waals surface area contributed by atoms with Gasteiger partial charge in [0.05, 0.1) is 15.4 Å². The number of nitrogens with one attached hydrogen (secondary N) is 1. The monoisotopic (exact) mass is 350 g/mol. The van der Waals surface area contributed by atoms with Crippen LogP contribution in [-0.4, -0.2) is 10.9 Å². The highest BCUT2D eigenvalue weighted by Gasteiger charge is 2.11. The van der Waals surface area contributed by atoms with Gasteiger partial charge in [0.25, 0.3) is 11.5 Å². The number of benzene rings is 2. The summed E-state index contributed by atoms with van der Waals surface area (Å²) < 4.78 is 0.756. The van der Waals surface area contributed by atoms with Crippen molar-refractivity contribution in [2.75, 3.05) is 5.32 Å². The Morgan fingerprint density at radius 2 is 1.86 bits per heavy atom. The van der Waals surface area contributed by atoms with Crippen LogP contribution in [0, 0.1) is 0 Å². The van der Waals surface area contributed by atoms with E-state index in [1.165, 1.54) is 23.5 Å². The molecule has 0 atom stereocenters. The quantitative estimate of drug-likeness (QED) is 0.752. The first kappa shape index (κ1) is 15.0. The Hall–Kier alpha value is -1.95. The predicted octanol–water partition coefficient (Wildman–Crippen LogP) is 4.22. The van der Waals surface area contributed by atoms with E-state index in [4.69, 9.17) is 23.2 Å². The summed E-state index contributed by atoms with van der Waals surface area (Å²) in [5, 5.41) is 4.02. The number of hydrogen-bond acceptors (Lipinski definition) is 4. The summed E-state index contributed by atoms with van der Waals surface area (Å²) in [7, 11) is 0. The van der Waals surface area contributed by atoms with Crippen molar-refractivity contribution in [1.29, 1.82) is 0 Å². The molecule has 110 valence electrons. The molecule has 3 rings (SSSR count). The standard InChI is InChI=1S/C15H8Cl2N2O2S/c16-10-6-5-8(7-11(10)17)13(20)18-15-19-14(21)9-3-1-2-4-12(9)22-15/h1-7H,(H,18,19,20,21). The fourth-order valence-electron chi connectivity index (χ4n) is 1.87. The number of halogens is 2. The molecule has 22 heavy (non-hydrogen) atoms. The van der Waals surface area contributed by atoms with Crippen molar-refractivity contribution in [1.82, 2.24) is 4.98 Å². The van der Waals surface area contributed by atoms with Gasteiger partial charge in [0, 0.05) is 10.3 Å². The van der Waals surface area contributed by atoms with Crippen molar-refractivity contribution >= 4 is 55.7 Å². The van der Waals surface area contributed by atoms with E-state index in [0.29, 0.717) is 16.0 Å². The van der Waals surface area contributed by atoms with Crippen molar-refractivity contribution in [3.63, 3.8) is 0 Å². The van der Waals surface area contributed by atoms with E-state index in [1.54, 1.807) is 24.3 Å². The Kier molecular flexibility index (Phi) is 4.11. The lowest BCUT2D eigenvalue weighted by atomic mass is 10.2. The van der Waals surface area contributed by atoms with Gasteiger partial charge in [-0.1, -0.05) is 46.7 Å². The third-order valence-corrected chi connectivity index (χ3v) is 4.63. The molecule has 2 aromatic carbocycles. The van der Waals surface area contributed by atoms with Crippen LogP contribution in [0.25, 0.3) is 10.1 Å². The molecule has 0 radical (unpaired) electrons. The second-order valence-corrected chi connectivity index (χ2v) is 6.25. The van der Waals surface area contributed by atoms with Gasteiger partial charge in [-0.05, 0) is 30.3 Å². The molecule has 0 saturated carbocycles. The number of rotatable bonds is 2. The summed E-state index contributed by atoms with van der Waals surface area (Å²) in [6, 6.07) is 11.6. The number of nitrogens with zero attached hydrogens (tertiary/aromatic N) is 1. The van der Waals surface area contributed by atoms with Crippen molar-refractivity contribution < 1.29 is 4.79 Å². The SMILES string of the molecule is O=C(Nc1nc(=O)c2ccccc2s1)c1ccc(Cl)c(Cl)c1. The third kappa shape index (κ3) is 2.97. The molecule has 1 heterocycles. The zero-order chi connectivity index (χ0) is 15.7. The lowest BCUT2D eigenvalue weighted by molar-refractivity contribution is 0.102. The maximum atomic E-state index is 12.2. The largest absolute Gasteiger partial charge is 0.298 e. The van der Waals surface area contributed by atoms with E-state index in [2.05, 4.69) is 10.3 Å². The lowest BCUT2D eigenvalue weighted by Gasteiger charge is -2.05. The maximum absolute atomic E-state index is 12.2. The number of amides is 1. The van der Waals surface area contributed by atoms with Gasteiger partial charge in [-0.25, -0.2) is 0 Å². The van der Waals surface area contributed by atoms with Crippen LogP contribution in [0.2, 0.25) is 10.0 Å². The zero-order valence-electron chi connectivity index (χ0n) is 11.0. The molecule has 1 amide bonds. The maximum Gasteiger partial charge on any atom is 0.281 e. The van der Waals surface area contributed by atoms with Gasteiger partial charge in [-0.3, -0.25) is 14.9 Å². The van der Waals surface area contributed by atoms with E-state index in [9.17, 15) is 9.59 Å². The first-order valence-corrected chi connectivity index (χ1v) is 7.78. The van der Waals surface area contributed by atoms with Crippen molar-refractivity contribution in [3.8, 4) is 0 Å². The van der Waals surface area contributed by atoms with Gasteiger partial charge in [-0.2, -0.15) is 4.98 Å². The minimum Gasteiger partial charge on any atom is -0.298 e. The third-order valence-electron chi connectivity index (χ3n) is 2.93. The average Bonchev–Trinajstić information content (AvgIpc) is 2.50. The molecular weight excluding hydrogens is 343 g/mol. The van der Waals surface area contributed by atoms with Crippen LogP contribution >= 0.6 is 34.5 Å². The average molecular weight is 351 g/mol. The minimum absolute atomic E-state index is 0.236. The first-order valence-electron chi connectivity index (χ1n) is 6.21. The van der Waals surface area contributed by atoms with Crippen LogP contribution < -0.4 is 10.9 Å². The molecule has 1 aromatic heterocycles. The van der Waals surface area contributed by atoms with Crippen LogP contribution in [0.4, 0.5) is 5.13 Å². The molecule has 4 nitrogen and oxygen atoms in total. The van der Waals surface area contributed by atoms with E-state index in [1.807, 2.05) is 6.07 Å².